The first-order valence-corrected chi connectivity index (χ1v) is 9.02. The Hall–Kier alpha value is -1.46. The van der Waals surface area contributed by atoms with Crippen LogP contribution in [-0.4, -0.2) is 40.3 Å². The van der Waals surface area contributed by atoms with Crippen molar-refractivity contribution in [1.29, 1.82) is 0 Å². The largest absolute Gasteiger partial charge is 0.376 e. The predicted molar refractivity (Wildman–Crippen MR) is 90.4 cm³/mol. The van der Waals surface area contributed by atoms with Crippen LogP contribution in [-0.2, 0) is 17.7 Å². The van der Waals surface area contributed by atoms with E-state index < -0.39 is 0 Å². The number of hydrogen-bond donors (Lipinski definition) is 1. The first kappa shape index (κ1) is 15.1. The number of rotatable bonds is 4. The van der Waals surface area contributed by atoms with Gasteiger partial charge in [0.05, 0.1) is 12.6 Å². The summed E-state index contributed by atoms with van der Waals surface area (Å²) in [5.74, 6) is 1.93. The van der Waals surface area contributed by atoms with E-state index >= 15 is 0 Å². The Bertz CT molecular complexity index is 642. The molecule has 23 heavy (non-hydrogen) atoms. The molecule has 0 aliphatic carbocycles. The monoisotopic (exact) mass is 314 g/mol. The Morgan fingerprint density at radius 2 is 2.13 bits per heavy atom. The van der Waals surface area contributed by atoms with E-state index in [0.29, 0.717) is 6.10 Å². The summed E-state index contributed by atoms with van der Waals surface area (Å²) >= 11 is 0. The van der Waals surface area contributed by atoms with Gasteiger partial charge in [-0.3, -0.25) is 0 Å². The molecule has 2 aromatic heterocycles. The van der Waals surface area contributed by atoms with Crippen LogP contribution in [0.3, 0.4) is 0 Å². The topological polar surface area (TPSA) is 52.0 Å². The van der Waals surface area contributed by atoms with Crippen LogP contribution in [0.1, 0.15) is 37.9 Å². The van der Waals surface area contributed by atoms with Gasteiger partial charge < -0.3 is 14.6 Å². The fourth-order valence-electron chi connectivity index (χ4n) is 3.85. The zero-order valence-corrected chi connectivity index (χ0v) is 13.7. The van der Waals surface area contributed by atoms with Crippen LogP contribution in [0, 0.1) is 5.92 Å². The van der Waals surface area contributed by atoms with Crippen molar-refractivity contribution >= 4 is 11.2 Å². The fraction of sp³-hybridized carbons (Fsp3) is 0.667. The maximum Gasteiger partial charge on any atom is 0.160 e. The minimum absolute atomic E-state index is 0.315. The third kappa shape index (κ3) is 3.40. The van der Waals surface area contributed by atoms with Gasteiger partial charge in [0, 0.05) is 19.2 Å². The first-order valence-electron chi connectivity index (χ1n) is 9.02. The molecule has 4 heterocycles. The first-order chi connectivity index (χ1) is 11.4. The van der Waals surface area contributed by atoms with Gasteiger partial charge in [0.25, 0.3) is 0 Å². The maximum absolute atomic E-state index is 5.96. The van der Waals surface area contributed by atoms with E-state index in [-0.39, 0.29) is 0 Å². The van der Waals surface area contributed by atoms with Crippen LogP contribution in [0.25, 0.3) is 11.2 Å². The summed E-state index contributed by atoms with van der Waals surface area (Å²) in [6.07, 6.45) is 9.36. The summed E-state index contributed by atoms with van der Waals surface area (Å²) < 4.78 is 8.29. The van der Waals surface area contributed by atoms with Crippen molar-refractivity contribution in [3.63, 3.8) is 0 Å². The minimum atomic E-state index is 0.315. The van der Waals surface area contributed by atoms with E-state index in [4.69, 9.17) is 9.72 Å². The van der Waals surface area contributed by atoms with Crippen LogP contribution in [0.5, 0.6) is 0 Å². The molecule has 0 saturated carbocycles. The molecule has 2 fully saturated rings. The molecule has 5 nitrogen and oxygen atoms in total. The summed E-state index contributed by atoms with van der Waals surface area (Å²) in [5, 5.41) is 3.45. The Balaban J connectivity index is 1.60. The van der Waals surface area contributed by atoms with E-state index in [1.807, 2.05) is 12.3 Å². The molecule has 1 unspecified atom stereocenters. The fourth-order valence-corrected chi connectivity index (χ4v) is 3.85. The Morgan fingerprint density at radius 1 is 1.22 bits per heavy atom. The van der Waals surface area contributed by atoms with Crippen molar-refractivity contribution in [2.24, 2.45) is 5.92 Å². The highest BCUT2D eigenvalue weighted by atomic mass is 16.5. The molecule has 0 bridgehead atoms. The van der Waals surface area contributed by atoms with Gasteiger partial charge in [-0.1, -0.05) is 0 Å². The lowest BCUT2D eigenvalue weighted by Gasteiger charge is -2.25. The number of nitrogens with zero attached hydrogens (tertiary/aromatic N) is 3. The number of hydrogen-bond acceptors (Lipinski definition) is 4. The molecule has 2 saturated heterocycles. The summed E-state index contributed by atoms with van der Waals surface area (Å²) in [7, 11) is 0. The molecule has 0 radical (unpaired) electrons. The average molecular weight is 314 g/mol. The summed E-state index contributed by atoms with van der Waals surface area (Å²) in [6.45, 7) is 4.06. The molecule has 2 aliphatic rings. The highest BCUT2D eigenvalue weighted by Crippen LogP contribution is 2.23. The second kappa shape index (κ2) is 6.97. The lowest BCUT2D eigenvalue weighted by Crippen LogP contribution is -2.30. The predicted octanol–water partition coefficient (Wildman–Crippen LogP) is 2.54. The van der Waals surface area contributed by atoms with Crippen molar-refractivity contribution in [2.45, 2.75) is 51.2 Å². The van der Waals surface area contributed by atoms with E-state index in [9.17, 15) is 0 Å². The highest BCUT2D eigenvalue weighted by Gasteiger charge is 2.22. The van der Waals surface area contributed by atoms with E-state index in [2.05, 4.69) is 20.9 Å². The zero-order valence-electron chi connectivity index (χ0n) is 13.7. The van der Waals surface area contributed by atoms with Crippen LogP contribution in [0.15, 0.2) is 18.3 Å². The molecule has 2 aliphatic heterocycles. The summed E-state index contributed by atoms with van der Waals surface area (Å²) in [6, 6.07) is 4.05. The van der Waals surface area contributed by atoms with Crippen molar-refractivity contribution in [3.05, 3.63) is 24.2 Å². The van der Waals surface area contributed by atoms with Gasteiger partial charge in [0.1, 0.15) is 11.3 Å². The van der Waals surface area contributed by atoms with Crippen molar-refractivity contribution in [2.75, 3.05) is 19.7 Å². The molecule has 4 rings (SSSR count). The van der Waals surface area contributed by atoms with E-state index in [0.717, 1.165) is 56.2 Å². The van der Waals surface area contributed by atoms with E-state index in [1.165, 1.54) is 31.5 Å². The Kier molecular flexibility index (Phi) is 4.57. The van der Waals surface area contributed by atoms with Gasteiger partial charge in [-0.15, -0.1) is 0 Å². The molecule has 0 amide bonds. The second-order valence-corrected chi connectivity index (χ2v) is 6.87. The normalized spacial score (nSPS) is 23.4. The number of imidazole rings is 1. The van der Waals surface area contributed by atoms with Gasteiger partial charge in [-0.25, -0.2) is 9.97 Å². The van der Waals surface area contributed by atoms with Crippen LogP contribution < -0.4 is 5.32 Å². The van der Waals surface area contributed by atoms with Crippen LogP contribution in [0.4, 0.5) is 0 Å². The Morgan fingerprint density at radius 3 is 2.96 bits per heavy atom. The standard InChI is InChI=1S/C18H26N4O/c1-2-11-23-15(4-1)13-22-17(12-14-6-9-19-10-7-14)21-16-5-3-8-20-18(16)22/h3,5,8,14-15,19H,1-2,4,6-7,9-13H2. The third-order valence-electron chi connectivity index (χ3n) is 5.17. The molecule has 1 atom stereocenters. The summed E-state index contributed by atoms with van der Waals surface area (Å²) in [5.41, 5.74) is 2.04. The van der Waals surface area contributed by atoms with Crippen molar-refractivity contribution in [1.82, 2.24) is 19.9 Å². The average Bonchev–Trinajstić information content (AvgIpc) is 2.94. The Labute approximate surface area is 137 Å². The molecule has 1 N–H and O–H groups in total. The quantitative estimate of drug-likeness (QED) is 0.942. The number of piperidine rings is 1. The lowest BCUT2D eigenvalue weighted by atomic mass is 9.94. The van der Waals surface area contributed by atoms with Gasteiger partial charge in [-0.2, -0.15) is 0 Å². The van der Waals surface area contributed by atoms with Gasteiger partial charge in [0.15, 0.2) is 5.65 Å². The minimum Gasteiger partial charge on any atom is -0.376 e. The van der Waals surface area contributed by atoms with Crippen LogP contribution in [0.2, 0.25) is 0 Å². The van der Waals surface area contributed by atoms with Crippen molar-refractivity contribution in [3.8, 4) is 0 Å². The smallest absolute Gasteiger partial charge is 0.160 e. The maximum atomic E-state index is 5.96. The molecule has 2 aromatic rings. The second-order valence-electron chi connectivity index (χ2n) is 6.87. The van der Waals surface area contributed by atoms with Gasteiger partial charge >= 0.3 is 0 Å². The van der Waals surface area contributed by atoms with Crippen LogP contribution >= 0.6 is 0 Å². The van der Waals surface area contributed by atoms with E-state index in [1.54, 1.807) is 0 Å². The molecular formula is C18H26N4O. The number of fused-ring (bicyclic) bond motifs is 1. The van der Waals surface area contributed by atoms with Gasteiger partial charge in [0.2, 0.25) is 0 Å². The van der Waals surface area contributed by atoms with Crippen molar-refractivity contribution < 1.29 is 4.74 Å². The number of pyridine rings is 1. The zero-order chi connectivity index (χ0) is 15.5. The SMILES string of the molecule is c1cnc2c(c1)nc(CC1CCNCC1)n2CC1CCCCO1. The molecular weight excluding hydrogens is 288 g/mol. The van der Waals surface area contributed by atoms with Gasteiger partial charge in [-0.05, 0) is 63.2 Å². The molecule has 0 spiro atoms. The highest BCUT2D eigenvalue weighted by molar-refractivity contribution is 5.71. The third-order valence-corrected chi connectivity index (χ3v) is 5.17. The number of ether oxygens (including phenoxy) is 1. The molecule has 0 aromatic carbocycles. The molecule has 5 heteroatoms. The lowest BCUT2D eigenvalue weighted by molar-refractivity contribution is 0.00600. The summed E-state index contributed by atoms with van der Waals surface area (Å²) in [4.78, 5) is 9.49. The number of nitrogens with one attached hydrogen (secondary N) is 1. The number of aromatic nitrogens is 3. The molecule has 124 valence electrons.